The first kappa shape index (κ1) is 23.9. The third-order valence-electron chi connectivity index (χ3n) is 3.54. The molecule has 1 aromatic carbocycles. The van der Waals surface area contributed by atoms with E-state index in [1.165, 1.54) is 13.2 Å². The van der Waals surface area contributed by atoms with Crippen molar-refractivity contribution in [1.82, 2.24) is 14.9 Å². The van der Waals surface area contributed by atoms with Crippen molar-refractivity contribution in [2.45, 2.75) is 11.3 Å². The lowest BCUT2D eigenvalue weighted by molar-refractivity contribution is 0.239. The molecule has 0 atom stereocenters. The van der Waals surface area contributed by atoms with E-state index in [9.17, 15) is 8.42 Å². The Morgan fingerprint density at radius 3 is 2.54 bits per heavy atom. The summed E-state index contributed by atoms with van der Waals surface area (Å²) in [4.78, 5) is 2.55. The van der Waals surface area contributed by atoms with E-state index in [4.69, 9.17) is 4.74 Å². The molecule has 1 aliphatic heterocycles. The number of methoxy groups -OCH3 is 1. The largest absolute Gasteiger partial charge is 0.497 e. The minimum Gasteiger partial charge on any atom is -0.497 e. The zero-order valence-corrected chi connectivity index (χ0v) is 17.5. The Morgan fingerprint density at radius 2 is 1.92 bits per heavy atom. The molecule has 0 aromatic heterocycles. The number of hydrogen-bond donors (Lipinski definition) is 2. The Morgan fingerprint density at radius 1 is 1.25 bits per heavy atom. The second kappa shape index (κ2) is 11.5. The van der Waals surface area contributed by atoms with Crippen molar-refractivity contribution in [2.24, 2.45) is 0 Å². The fourth-order valence-corrected chi connectivity index (χ4v) is 4.09. The highest BCUT2D eigenvalue weighted by Gasteiger charge is 2.16. The first-order chi connectivity index (χ1) is 10.5. The maximum Gasteiger partial charge on any atom is 0.240 e. The van der Waals surface area contributed by atoms with E-state index >= 15 is 0 Å². The zero-order chi connectivity index (χ0) is 16.0. The number of nitrogens with zero attached hydrogens (tertiary/aromatic N) is 1. The van der Waals surface area contributed by atoms with Gasteiger partial charge in [0.1, 0.15) is 5.75 Å². The van der Waals surface area contributed by atoms with Crippen molar-refractivity contribution in [1.29, 1.82) is 0 Å². The molecule has 10 heteroatoms. The number of rotatable bonds is 7. The quantitative estimate of drug-likeness (QED) is 0.603. The lowest BCUT2D eigenvalue weighted by atomic mass is 10.3. The number of nitrogens with one attached hydrogen (secondary N) is 2. The van der Waals surface area contributed by atoms with Gasteiger partial charge in [-0.1, -0.05) is 15.9 Å². The van der Waals surface area contributed by atoms with Gasteiger partial charge in [0, 0.05) is 43.3 Å². The number of hydrogen-bond acceptors (Lipinski definition) is 5. The third kappa shape index (κ3) is 7.43. The predicted molar refractivity (Wildman–Crippen MR) is 104 cm³/mol. The van der Waals surface area contributed by atoms with Gasteiger partial charge in [-0.15, -0.1) is 24.8 Å². The number of halogens is 3. The number of ether oxygens (including phenoxy) is 1. The molecule has 0 unspecified atom stereocenters. The van der Waals surface area contributed by atoms with Crippen LogP contribution in [0.1, 0.15) is 6.42 Å². The van der Waals surface area contributed by atoms with E-state index in [0.29, 0.717) is 16.8 Å². The fraction of sp³-hybridized carbons (Fsp3) is 0.571. The van der Waals surface area contributed by atoms with Crippen LogP contribution in [0, 0.1) is 0 Å². The van der Waals surface area contributed by atoms with Gasteiger partial charge in [0.25, 0.3) is 0 Å². The standard InChI is InChI=1S/C14H22BrN3O3S.2ClH/c1-21-13-9-12(15)10-14(11-13)22(19,20)17-3-2-6-18-7-4-16-5-8-18;;/h9-11,16-17H,2-8H2,1H3;2*1H. The summed E-state index contributed by atoms with van der Waals surface area (Å²) < 4.78 is 33.0. The van der Waals surface area contributed by atoms with E-state index < -0.39 is 10.0 Å². The molecule has 24 heavy (non-hydrogen) atoms. The summed E-state index contributed by atoms with van der Waals surface area (Å²) in [6.45, 7) is 5.39. The number of benzene rings is 1. The molecule has 1 aliphatic rings. The SMILES string of the molecule is COc1cc(Br)cc(S(=O)(=O)NCCCN2CCNCC2)c1.Cl.Cl. The van der Waals surface area contributed by atoms with Gasteiger partial charge in [0.05, 0.1) is 12.0 Å². The van der Waals surface area contributed by atoms with E-state index in [1.807, 2.05) is 0 Å². The molecular formula is C14H24BrCl2N3O3S. The van der Waals surface area contributed by atoms with Gasteiger partial charge in [0.15, 0.2) is 0 Å². The Balaban J connectivity index is 0.00000264. The van der Waals surface area contributed by atoms with E-state index in [2.05, 4.69) is 30.9 Å². The monoisotopic (exact) mass is 463 g/mol. The summed E-state index contributed by atoms with van der Waals surface area (Å²) in [6.07, 6.45) is 0.796. The number of sulfonamides is 1. The maximum atomic E-state index is 12.3. The number of piperazine rings is 1. The summed E-state index contributed by atoms with van der Waals surface area (Å²) in [5.74, 6) is 0.510. The molecule has 1 aromatic rings. The molecule has 1 heterocycles. The van der Waals surface area contributed by atoms with E-state index in [1.54, 1.807) is 12.1 Å². The average molecular weight is 465 g/mol. The Labute approximate surface area is 164 Å². The van der Waals surface area contributed by atoms with Gasteiger partial charge in [-0.25, -0.2) is 13.1 Å². The van der Waals surface area contributed by atoms with Crippen LogP contribution in [0.3, 0.4) is 0 Å². The second-order valence-electron chi connectivity index (χ2n) is 5.17. The van der Waals surface area contributed by atoms with Crippen LogP contribution in [0.4, 0.5) is 0 Å². The highest BCUT2D eigenvalue weighted by molar-refractivity contribution is 9.10. The highest BCUT2D eigenvalue weighted by Crippen LogP contribution is 2.24. The molecule has 0 saturated carbocycles. The van der Waals surface area contributed by atoms with Crippen LogP contribution in [-0.2, 0) is 10.0 Å². The van der Waals surface area contributed by atoms with Gasteiger partial charge in [-0.2, -0.15) is 0 Å². The van der Waals surface area contributed by atoms with E-state index in [-0.39, 0.29) is 29.7 Å². The zero-order valence-electron chi connectivity index (χ0n) is 13.5. The molecule has 1 saturated heterocycles. The van der Waals surface area contributed by atoms with Gasteiger partial charge < -0.3 is 15.0 Å². The normalized spacial score (nSPS) is 15.2. The van der Waals surface area contributed by atoms with Crippen molar-refractivity contribution in [3.05, 3.63) is 22.7 Å². The Bertz CT molecular complexity index is 599. The molecule has 2 rings (SSSR count). The predicted octanol–water partition coefficient (Wildman–Crippen LogP) is 1.87. The van der Waals surface area contributed by atoms with Crippen molar-refractivity contribution < 1.29 is 13.2 Å². The van der Waals surface area contributed by atoms with Crippen molar-refractivity contribution >= 4 is 50.8 Å². The minimum atomic E-state index is -3.51. The summed E-state index contributed by atoms with van der Waals surface area (Å²) >= 11 is 3.30. The smallest absolute Gasteiger partial charge is 0.240 e. The van der Waals surface area contributed by atoms with E-state index in [0.717, 1.165) is 39.1 Å². The Kier molecular flexibility index (Phi) is 11.5. The summed E-state index contributed by atoms with van der Waals surface area (Å²) in [5, 5.41) is 3.30. The summed E-state index contributed by atoms with van der Waals surface area (Å²) in [6, 6.07) is 4.81. The highest BCUT2D eigenvalue weighted by atomic mass is 79.9. The van der Waals surface area contributed by atoms with Crippen molar-refractivity contribution in [3.63, 3.8) is 0 Å². The van der Waals surface area contributed by atoms with Crippen LogP contribution in [-0.4, -0.2) is 59.7 Å². The minimum absolute atomic E-state index is 0. The van der Waals surface area contributed by atoms with Crippen LogP contribution < -0.4 is 14.8 Å². The van der Waals surface area contributed by atoms with Gasteiger partial charge in [0.2, 0.25) is 10.0 Å². The molecule has 6 nitrogen and oxygen atoms in total. The molecule has 1 fully saturated rings. The molecule has 140 valence electrons. The molecule has 0 aliphatic carbocycles. The molecule has 0 bridgehead atoms. The van der Waals surface area contributed by atoms with Crippen LogP contribution in [0.2, 0.25) is 0 Å². The molecule has 0 radical (unpaired) electrons. The first-order valence-electron chi connectivity index (χ1n) is 7.28. The van der Waals surface area contributed by atoms with Crippen LogP contribution in [0.15, 0.2) is 27.6 Å². The lowest BCUT2D eigenvalue weighted by Crippen LogP contribution is -2.44. The van der Waals surface area contributed by atoms with Crippen molar-refractivity contribution in [3.8, 4) is 5.75 Å². The average Bonchev–Trinajstić information content (AvgIpc) is 2.52. The second-order valence-corrected chi connectivity index (χ2v) is 7.85. The topological polar surface area (TPSA) is 70.7 Å². The van der Waals surface area contributed by atoms with Gasteiger partial charge >= 0.3 is 0 Å². The van der Waals surface area contributed by atoms with Crippen LogP contribution in [0.5, 0.6) is 5.75 Å². The fourth-order valence-electron chi connectivity index (χ4n) is 2.34. The Hall–Kier alpha value is -0.0900. The summed E-state index contributed by atoms with van der Waals surface area (Å²) in [7, 11) is -2.00. The molecular weight excluding hydrogens is 441 g/mol. The molecule has 2 N–H and O–H groups in total. The van der Waals surface area contributed by atoms with Gasteiger partial charge in [-0.05, 0) is 25.1 Å². The summed E-state index contributed by atoms with van der Waals surface area (Å²) in [5.41, 5.74) is 0. The molecule has 0 amide bonds. The maximum absolute atomic E-state index is 12.3. The first-order valence-corrected chi connectivity index (χ1v) is 9.56. The molecule has 0 spiro atoms. The van der Waals surface area contributed by atoms with Gasteiger partial charge in [-0.3, -0.25) is 0 Å². The lowest BCUT2D eigenvalue weighted by Gasteiger charge is -2.27. The van der Waals surface area contributed by atoms with Crippen LogP contribution >= 0.6 is 40.7 Å². The third-order valence-corrected chi connectivity index (χ3v) is 5.44. The van der Waals surface area contributed by atoms with Crippen LogP contribution in [0.25, 0.3) is 0 Å². The van der Waals surface area contributed by atoms with Crippen molar-refractivity contribution in [2.75, 3.05) is 46.4 Å².